The zero-order valence-electron chi connectivity index (χ0n) is 11.0. The van der Waals surface area contributed by atoms with E-state index in [1.807, 2.05) is 0 Å². The minimum Gasteiger partial charge on any atom is -0.471 e. The molecule has 0 amide bonds. The van der Waals surface area contributed by atoms with E-state index in [1.54, 1.807) is 12.5 Å². The molecular weight excluding hydrogens is 232 g/mol. The molecule has 19 heavy (non-hydrogen) atoms. The molecule has 0 saturated carbocycles. The molecule has 0 N–H and O–H groups in total. The molecule has 0 aliphatic heterocycles. The van der Waals surface area contributed by atoms with Crippen molar-refractivity contribution >= 4 is 16.8 Å². The number of hydrogen-bond acceptors (Lipinski definition) is 1. The fourth-order valence-corrected chi connectivity index (χ4v) is 2.14. The summed E-state index contributed by atoms with van der Waals surface area (Å²) in [7, 11) is 0. The molecule has 0 aliphatic carbocycles. The second kappa shape index (κ2) is 5.15. The molecule has 3 aromatic rings. The molecule has 0 atom stereocenters. The van der Waals surface area contributed by atoms with E-state index in [2.05, 4.69) is 61.5 Å². The van der Waals surface area contributed by atoms with Gasteiger partial charge in [0.05, 0.1) is 12.5 Å². The summed E-state index contributed by atoms with van der Waals surface area (Å²) in [6.07, 6.45) is 8.88. The van der Waals surface area contributed by atoms with E-state index >= 15 is 0 Å². The quantitative estimate of drug-likeness (QED) is 0.636. The molecule has 2 aromatic carbocycles. The molecular formula is C18H16O. The maximum Gasteiger partial charge on any atom is 0.0981 e. The standard InChI is InChI=1S/C18H16O/c1-14-5-7-15(8-6-14)3-2-4-16-9-10-17-12-19-13-18(17)11-16/h2,4-13H,3H2,1H3. The van der Waals surface area contributed by atoms with Gasteiger partial charge in [-0.2, -0.15) is 0 Å². The van der Waals surface area contributed by atoms with Gasteiger partial charge in [0, 0.05) is 10.8 Å². The van der Waals surface area contributed by atoms with Crippen LogP contribution in [0.15, 0.2) is 65.5 Å². The lowest BCUT2D eigenvalue weighted by molar-refractivity contribution is 0.572. The number of rotatable bonds is 3. The molecule has 1 heteroatoms. The second-order valence-electron chi connectivity index (χ2n) is 4.85. The van der Waals surface area contributed by atoms with Gasteiger partial charge < -0.3 is 4.42 Å². The average Bonchev–Trinajstić information content (AvgIpc) is 2.88. The molecule has 0 spiro atoms. The van der Waals surface area contributed by atoms with Gasteiger partial charge in [-0.15, -0.1) is 0 Å². The summed E-state index contributed by atoms with van der Waals surface area (Å²) in [6.45, 7) is 2.11. The van der Waals surface area contributed by atoms with Crippen molar-refractivity contribution in [3.63, 3.8) is 0 Å². The highest BCUT2D eigenvalue weighted by Gasteiger charge is 1.95. The first-order chi connectivity index (χ1) is 9.31. The minimum atomic E-state index is 0.962. The Morgan fingerprint density at radius 1 is 0.947 bits per heavy atom. The summed E-state index contributed by atoms with van der Waals surface area (Å²) < 4.78 is 5.18. The Bertz CT molecular complexity index is 702. The van der Waals surface area contributed by atoms with E-state index in [9.17, 15) is 0 Å². The van der Waals surface area contributed by atoms with Gasteiger partial charge in [0.1, 0.15) is 0 Å². The van der Waals surface area contributed by atoms with Crippen LogP contribution in [-0.4, -0.2) is 0 Å². The molecule has 94 valence electrons. The summed E-state index contributed by atoms with van der Waals surface area (Å²) in [6, 6.07) is 15.0. The molecule has 0 unspecified atom stereocenters. The van der Waals surface area contributed by atoms with Crippen molar-refractivity contribution in [3.05, 3.63) is 77.8 Å². The molecule has 0 radical (unpaired) electrons. The van der Waals surface area contributed by atoms with Gasteiger partial charge in [0.15, 0.2) is 0 Å². The van der Waals surface area contributed by atoms with E-state index in [4.69, 9.17) is 4.42 Å². The van der Waals surface area contributed by atoms with Gasteiger partial charge in [-0.3, -0.25) is 0 Å². The first-order valence-electron chi connectivity index (χ1n) is 6.49. The molecule has 1 aromatic heterocycles. The van der Waals surface area contributed by atoms with Crippen LogP contribution in [0.4, 0.5) is 0 Å². The Morgan fingerprint density at radius 2 is 1.74 bits per heavy atom. The SMILES string of the molecule is Cc1ccc(CC=Cc2ccc3cocc3c2)cc1. The number of aryl methyl sites for hydroxylation is 1. The van der Waals surface area contributed by atoms with Crippen LogP contribution < -0.4 is 0 Å². The lowest BCUT2D eigenvalue weighted by atomic mass is 10.1. The van der Waals surface area contributed by atoms with Crippen LogP contribution in [0.2, 0.25) is 0 Å². The summed E-state index contributed by atoms with van der Waals surface area (Å²) in [5.74, 6) is 0. The van der Waals surface area contributed by atoms with Gasteiger partial charge >= 0.3 is 0 Å². The van der Waals surface area contributed by atoms with Crippen LogP contribution in [0, 0.1) is 6.92 Å². The zero-order chi connectivity index (χ0) is 13.1. The van der Waals surface area contributed by atoms with Gasteiger partial charge in [-0.05, 0) is 30.5 Å². The van der Waals surface area contributed by atoms with E-state index in [0.29, 0.717) is 0 Å². The minimum absolute atomic E-state index is 0.962. The highest BCUT2D eigenvalue weighted by Crippen LogP contribution is 2.18. The number of hydrogen-bond donors (Lipinski definition) is 0. The van der Waals surface area contributed by atoms with Crippen molar-refractivity contribution < 1.29 is 4.42 Å². The second-order valence-corrected chi connectivity index (χ2v) is 4.85. The number of fused-ring (bicyclic) bond motifs is 1. The lowest BCUT2D eigenvalue weighted by Gasteiger charge is -1.98. The van der Waals surface area contributed by atoms with Crippen LogP contribution in [0.3, 0.4) is 0 Å². The van der Waals surface area contributed by atoms with Gasteiger partial charge in [0.25, 0.3) is 0 Å². The first-order valence-corrected chi connectivity index (χ1v) is 6.49. The van der Waals surface area contributed by atoms with Gasteiger partial charge in [-0.1, -0.05) is 54.1 Å². The van der Waals surface area contributed by atoms with Crippen LogP contribution in [0.1, 0.15) is 16.7 Å². The molecule has 0 fully saturated rings. The molecule has 0 saturated heterocycles. The average molecular weight is 248 g/mol. The highest BCUT2D eigenvalue weighted by atomic mass is 16.3. The fourth-order valence-electron chi connectivity index (χ4n) is 2.14. The Hall–Kier alpha value is -2.28. The van der Waals surface area contributed by atoms with Crippen molar-refractivity contribution in [2.45, 2.75) is 13.3 Å². The third-order valence-corrected chi connectivity index (χ3v) is 3.29. The van der Waals surface area contributed by atoms with Crippen molar-refractivity contribution in [2.24, 2.45) is 0 Å². The van der Waals surface area contributed by atoms with Crippen molar-refractivity contribution in [1.29, 1.82) is 0 Å². The molecule has 0 aliphatic rings. The van der Waals surface area contributed by atoms with Crippen LogP contribution in [0.5, 0.6) is 0 Å². The van der Waals surface area contributed by atoms with Crippen molar-refractivity contribution in [1.82, 2.24) is 0 Å². The van der Waals surface area contributed by atoms with Gasteiger partial charge in [-0.25, -0.2) is 0 Å². The molecule has 1 heterocycles. The third-order valence-electron chi connectivity index (χ3n) is 3.29. The molecule has 3 rings (SSSR count). The maximum absolute atomic E-state index is 5.18. The zero-order valence-corrected chi connectivity index (χ0v) is 11.0. The summed E-state index contributed by atoms with van der Waals surface area (Å²) in [5, 5.41) is 2.30. The number of allylic oxidation sites excluding steroid dienone is 1. The number of benzene rings is 2. The van der Waals surface area contributed by atoms with Crippen LogP contribution >= 0.6 is 0 Å². The summed E-state index contributed by atoms with van der Waals surface area (Å²) >= 11 is 0. The smallest absolute Gasteiger partial charge is 0.0981 e. The summed E-state index contributed by atoms with van der Waals surface area (Å²) in [5.41, 5.74) is 3.85. The van der Waals surface area contributed by atoms with E-state index < -0.39 is 0 Å². The normalized spacial score (nSPS) is 11.4. The Morgan fingerprint density at radius 3 is 2.58 bits per heavy atom. The largest absolute Gasteiger partial charge is 0.471 e. The van der Waals surface area contributed by atoms with Gasteiger partial charge in [0.2, 0.25) is 0 Å². The Labute approximate surface area is 113 Å². The number of furan rings is 1. The van der Waals surface area contributed by atoms with E-state index in [-0.39, 0.29) is 0 Å². The molecule has 1 nitrogen and oxygen atoms in total. The topological polar surface area (TPSA) is 13.1 Å². The Kier molecular flexibility index (Phi) is 3.20. The van der Waals surface area contributed by atoms with Crippen molar-refractivity contribution in [3.8, 4) is 0 Å². The fraction of sp³-hybridized carbons (Fsp3) is 0.111. The first kappa shape index (κ1) is 11.8. The maximum atomic E-state index is 5.18. The van der Waals surface area contributed by atoms with E-state index in [1.165, 1.54) is 16.7 Å². The van der Waals surface area contributed by atoms with Crippen LogP contribution in [0.25, 0.3) is 16.8 Å². The molecule has 0 bridgehead atoms. The van der Waals surface area contributed by atoms with Crippen molar-refractivity contribution in [2.75, 3.05) is 0 Å². The predicted molar refractivity (Wildman–Crippen MR) is 80.1 cm³/mol. The predicted octanol–water partition coefficient (Wildman–Crippen LogP) is 5.00. The van der Waals surface area contributed by atoms with E-state index in [0.717, 1.165) is 17.2 Å². The van der Waals surface area contributed by atoms with Crippen LogP contribution in [-0.2, 0) is 6.42 Å². The highest BCUT2D eigenvalue weighted by molar-refractivity contribution is 5.83. The summed E-state index contributed by atoms with van der Waals surface area (Å²) in [4.78, 5) is 0. The third kappa shape index (κ3) is 2.76. The lowest BCUT2D eigenvalue weighted by Crippen LogP contribution is -1.81. The Balaban J connectivity index is 1.73. The monoisotopic (exact) mass is 248 g/mol.